The van der Waals surface area contributed by atoms with Crippen LogP contribution in [0.3, 0.4) is 0 Å². The van der Waals surface area contributed by atoms with Crippen LogP contribution in [0, 0.1) is 6.92 Å². The predicted molar refractivity (Wildman–Crippen MR) is 69.9 cm³/mol. The Bertz CT molecular complexity index is 647. The molecule has 100 valence electrons. The lowest BCUT2D eigenvalue weighted by atomic mass is 10.2. The van der Waals surface area contributed by atoms with E-state index >= 15 is 0 Å². The van der Waals surface area contributed by atoms with Crippen LogP contribution in [-0.2, 0) is 16.6 Å². The first-order chi connectivity index (χ1) is 9.06. The van der Waals surface area contributed by atoms with Crippen molar-refractivity contribution in [3.8, 4) is 0 Å². The molecule has 0 amide bonds. The first kappa shape index (κ1) is 12.2. The molecule has 1 aliphatic heterocycles. The third-order valence-electron chi connectivity index (χ3n) is 3.65. The number of aromatic nitrogens is 2. The Morgan fingerprint density at radius 2 is 2.26 bits per heavy atom. The number of hydrogen-bond donors (Lipinski definition) is 1. The fourth-order valence-electron chi connectivity index (χ4n) is 2.63. The average molecular weight is 260 g/mol. The first-order valence-corrected chi connectivity index (χ1v) is 6.37. The number of aryl methyl sites for hydroxylation is 2. The molecule has 1 saturated heterocycles. The Balaban J connectivity index is 1.97. The van der Waals surface area contributed by atoms with Crippen molar-refractivity contribution in [3.05, 3.63) is 29.6 Å². The number of carboxylic acid groups (broad SMARTS) is 1. The van der Waals surface area contributed by atoms with Crippen molar-refractivity contribution < 1.29 is 14.6 Å². The van der Waals surface area contributed by atoms with Gasteiger partial charge in [-0.15, -0.1) is 0 Å². The zero-order chi connectivity index (χ0) is 13.6. The minimum Gasteiger partial charge on any atom is -0.479 e. The summed E-state index contributed by atoms with van der Waals surface area (Å²) in [7, 11) is 1.94. The van der Waals surface area contributed by atoms with Gasteiger partial charge in [0.2, 0.25) is 0 Å². The van der Waals surface area contributed by atoms with E-state index in [1.807, 2.05) is 36.7 Å². The molecule has 2 aromatic rings. The van der Waals surface area contributed by atoms with Gasteiger partial charge < -0.3 is 14.4 Å². The van der Waals surface area contributed by atoms with Crippen LogP contribution in [0.15, 0.2) is 18.2 Å². The summed E-state index contributed by atoms with van der Waals surface area (Å²) in [6.07, 6.45) is 0.320. The van der Waals surface area contributed by atoms with E-state index in [0.29, 0.717) is 12.8 Å². The zero-order valence-corrected chi connectivity index (χ0v) is 11.0. The maximum Gasteiger partial charge on any atom is 0.332 e. The summed E-state index contributed by atoms with van der Waals surface area (Å²) in [5.41, 5.74) is 3.13. The highest BCUT2D eigenvalue weighted by molar-refractivity contribution is 5.77. The topological polar surface area (TPSA) is 64.3 Å². The zero-order valence-electron chi connectivity index (χ0n) is 11.0. The first-order valence-electron chi connectivity index (χ1n) is 6.37. The summed E-state index contributed by atoms with van der Waals surface area (Å²) in [4.78, 5) is 15.5. The van der Waals surface area contributed by atoms with Gasteiger partial charge in [0.15, 0.2) is 6.10 Å². The normalized spacial score (nSPS) is 23.1. The van der Waals surface area contributed by atoms with Crippen LogP contribution >= 0.6 is 0 Å². The van der Waals surface area contributed by atoms with E-state index in [1.54, 1.807) is 0 Å². The Hall–Kier alpha value is -1.88. The molecule has 1 fully saturated rings. The van der Waals surface area contributed by atoms with Gasteiger partial charge in [-0.05, 0) is 37.5 Å². The predicted octanol–water partition coefficient (Wildman–Crippen LogP) is 2.19. The average Bonchev–Trinajstić information content (AvgIpc) is 2.94. The van der Waals surface area contributed by atoms with Crippen LogP contribution in [0.4, 0.5) is 0 Å². The Morgan fingerprint density at radius 3 is 2.95 bits per heavy atom. The number of hydrogen-bond acceptors (Lipinski definition) is 3. The molecule has 0 spiro atoms. The molecule has 19 heavy (non-hydrogen) atoms. The lowest BCUT2D eigenvalue weighted by Crippen LogP contribution is -2.19. The van der Waals surface area contributed by atoms with Gasteiger partial charge in [0, 0.05) is 7.05 Å². The number of ether oxygens (including phenoxy) is 1. The van der Waals surface area contributed by atoms with Crippen LogP contribution in [0.1, 0.15) is 30.3 Å². The van der Waals surface area contributed by atoms with Gasteiger partial charge in [-0.2, -0.15) is 0 Å². The summed E-state index contributed by atoms with van der Waals surface area (Å²) in [5.74, 6) is -0.0820. The maximum atomic E-state index is 10.9. The van der Waals surface area contributed by atoms with Crippen LogP contribution in [0.2, 0.25) is 0 Å². The van der Waals surface area contributed by atoms with Crippen molar-refractivity contribution in [2.75, 3.05) is 0 Å². The lowest BCUT2D eigenvalue weighted by Gasteiger charge is -2.10. The van der Waals surface area contributed by atoms with Crippen molar-refractivity contribution in [2.45, 2.75) is 32.0 Å². The maximum absolute atomic E-state index is 10.9. The molecule has 1 aromatic carbocycles. The number of carbonyl (C=O) groups is 1. The van der Waals surface area contributed by atoms with Gasteiger partial charge in [0.05, 0.1) is 11.0 Å². The van der Waals surface area contributed by atoms with Crippen molar-refractivity contribution in [1.82, 2.24) is 9.55 Å². The molecule has 0 saturated carbocycles. The van der Waals surface area contributed by atoms with Crippen molar-refractivity contribution in [1.29, 1.82) is 0 Å². The highest BCUT2D eigenvalue weighted by Gasteiger charge is 2.33. The summed E-state index contributed by atoms with van der Waals surface area (Å²) in [6.45, 7) is 2.03. The molecule has 0 bridgehead atoms. The molecule has 1 aromatic heterocycles. The number of aliphatic carboxylic acids is 1. The van der Waals surface area contributed by atoms with Crippen molar-refractivity contribution >= 4 is 17.0 Å². The number of fused-ring (bicyclic) bond motifs is 1. The molecule has 3 rings (SSSR count). The van der Waals surface area contributed by atoms with E-state index in [2.05, 4.69) is 4.98 Å². The fraction of sp³-hybridized carbons (Fsp3) is 0.429. The van der Waals surface area contributed by atoms with Gasteiger partial charge >= 0.3 is 5.97 Å². The third-order valence-corrected chi connectivity index (χ3v) is 3.65. The second-order valence-corrected chi connectivity index (χ2v) is 5.05. The van der Waals surface area contributed by atoms with Crippen molar-refractivity contribution in [2.24, 2.45) is 7.05 Å². The van der Waals surface area contributed by atoms with Gasteiger partial charge in [-0.25, -0.2) is 9.78 Å². The summed E-state index contributed by atoms with van der Waals surface area (Å²) < 4.78 is 7.56. The van der Waals surface area contributed by atoms with Crippen LogP contribution < -0.4 is 0 Å². The number of rotatable bonds is 2. The Kier molecular flexibility index (Phi) is 2.78. The van der Waals surface area contributed by atoms with Gasteiger partial charge in [0.1, 0.15) is 11.9 Å². The largest absolute Gasteiger partial charge is 0.479 e. The lowest BCUT2D eigenvalue weighted by molar-refractivity contribution is -0.149. The van der Waals surface area contributed by atoms with E-state index < -0.39 is 12.1 Å². The van der Waals surface area contributed by atoms with Gasteiger partial charge in [0.25, 0.3) is 0 Å². The molecule has 5 nitrogen and oxygen atoms in total. The van der Waals surface area contributed by atoms with Crippen LogP contribution in [0.5, 0.6) is 0 Å². The molecule has 2 heterocycles. The standard InChI is InChI=1S/C14H16N2O3/c1-8-3-4-10-9(7-8)15-13(16(10)2)11-5-6-12(19-11)14(17)18/h3-4,7,11-12H,5-6H2,1-2H3,(H,17,18). The number of benzene rings is 1. The minimum atomic E-state index is -0.892. The Labute approximate surface area is 110 Å². The van der Waals surface area contributed by atoms with Gasteiger partial charge in [-0.1, -0.05) is 6.07 Å². The van der Waals surface area contributed by atoms with E-state index in [9.17, 15) is 4.79 Å². The monoisotopic (exact) mass is 260 g/mol. The highest BCUT2D eigenvalue weighted by Crippen LogP contribution is 2.33. The van der Waals surface area contributed by atoms with E-state index in [4.69, 9.17) is 9.84 Å². The highest BCUT2D eigenvalue weighted by atomic mass is 16.5. The fourth-order valence-corrected chi connectivity index (χ4v) is 2.63. The van der Waals surface area contributed by atoms with E-state index in [1.165, 1.54) is 0 Å². The minimum absolute atomic E-state index is 0.223. The van der Waals surface area contributed by atoms with E-state index in [-0.39, 0.29) is 6.10 Å². The molecule has 0 radical (unpaired) electrons. The molecular weight excluding hydrogens is 244 g/mol. The molecule has 5 heteroatoms. The number of carboxylic acids is 1. The number of imidazole rings is 1. The SMILES string of the molecule is Cc1ccc2c(c1)nc(C1CCC(C(=O)O)O1)n2C. The Morgan fingerprint density at radius 1 is 1.47 bits per heavy atom. The van der Waals surface area contributed by atoms with Crippen molar-refractivity contribution in [3.63, 3.8) is 0 Å². The summed E-state index contributed by atoms with van der Waals surface area (Å²) in [5, 5.41) is 8.97. The quantitative estimate of drug-likeness (QED) is 0.899. The molecule has 1 aliphatic rings. The van der Waals surface area contributed by atoms with Gasteiger partial charge in [-0.3, -0.25) is 0 Å². The molecule has 2 atom stereocenters. The van der Waals surface area contributed by atoms with E-state index in [0.717, 1.165) is 22.4 Å². The molecule has 1 N–H and O–H groups in total. The van der Waals surface area contributed by atoms with Crippen LogP contribution in [0.25, 0.3) is 11.0 Å². The second-order valence-electron chi connectivity index (χ2n) is 5.05. The second kappa shape index (κ2) is 4.35. The third kappa shape index (κ3) is 2.00. The molecule has 0 aliphatic carbocycles. The summed E-state index contributed by atoms with van der Waals surface area (Å²) in [6, 6.07) is 6.11. The number of nitrogens with zero attached hydrogens (tertiary/aromatic N) is 2. The smallest absolute Gasteiger partial charge is 0.332 e. The van der Waals surface area contributed by atoms with Crippen LogP contribution in [-0.4, -0.2) is 26.7 Å². The molecule has 2 unspecified atom stereocenters. The molecular formula is C14H16N2O3. The summed E-state index contributed by atoms with van der Waals surface area (Å²) >= 11 is 0.